The Labute approximate surface area is 137 Å². The molecule has 0 radical (unpaired) electrons. The molecule has 1 aromatic carbocycles. The zero-order valence-corrected chi connectivity index (χ0v) is 14.3. The Morgan fingerprint density at radius 1 is 1.43 bits per heavy atom. The molecule has 1 aliphatic heterocycles. The minimum absolute atomic E-state index is 0.0158. The fourth-order valence-corrected chi connectivity index (χ4v) is 3.09. The van der Waals surface area contributed by atoms with E-state index in [2.05, 4.69) is 0 Å². The van der Waals surface area contributed by atoms with Crippen LogP contribution in [0, 0.1) is 5.82 Å². The van der Waals surface area contributed by atoms with Gasteiger partial charge in [0.25, 0.3) is 0 Å². The third-order valence-corrected chi connectivity index (χ3v) is 4.39. The second kappa shape index (κ2) is 7.41. The smallest absolute Gasteiger partial charge is 0.237 e. The molecular formula is C18H27FN2O2. The average Bonchev–Trinajstić information content (AvgIpc) is 2.90. The number of benzene rings is 1. The van der Waals surface area contributed by atoms with E-state index in [0.717, 1.165) is 24.9 Å². The van der Waals surface area contributed by atoms with E-state index in [4.69, 9.17) is 0 Å². The van der Waals surface area contributed by atoms with Gasteiger partial charge in [0.15, 0.2) is 0 Å². The highest BCUT2D eigenvalue weighted by molar-refractivity contribution is 5.79. The van der Waals surface area contributed by atoms with Gasteiger partial charge in [-0.1, -0.05) is 12.1 Å². The molecule has 1 aliphatic rings. The van der Waals surface area contributed by atoms with E-state index in [9.17, 15) is 14.3 Å². The van der Waals surface area contributed by atoms with Crippen LogP contribution in [0.2, 0.25) is 0 Å². The molecule has 0 bridgehead atoms. The molecule has 0 spiro atoms. The number of halogens is 1. The highest BCUT2D eigenvalue weighted by atomic mass is 19.1. The predicted octanol–water partition coefficient (Wildman–Crippen LogP) is 2.41. The van der Waals surface area contributed by atoms with Crippen molar-refractivity contribution < 1.29 is 14.3 Å². The fourth-order valence-electron chi connectivity index (χ4n) is 3.09. The van der Waals surface area contributed by atoms with Gasteiger partial charge in [0.1, 0.15) is 5.82 Å². The minimum atomic E-state index is -0.349. The molecule has 5 heteroatoms. The molecule has 4 nitrogen and oxygen atoms in total. The Morgan fingerprint density at radius 2 is 2.17 bits per heavy atom. The zero-order chi connectivity index (χ0) is 17.0. The number of likely N-dealkylation sites (tertiary alicyclic amines) is 1. The van der Waals surface area contributed by atoms with Crippen LogP contribution in [0.25, 0.3) is 0 Å². The van der Waals surface area contributed by atoms with E-state index in [1.165, 1.54) is 12.1 Å². The lowest BCUT2D eigenvalue weighted by Gasteiger charge is -2.37. The van der Waals surface area contributed by atoms with Crippen molar-refractivity contribution in [2.75, 3.05) is 19.7 Å². The number of carbonyl (C=O) groups excluding carboxylic acids is 1. The van der Waals surface area contributed by atoms with Crippen LogP contribution in [-0.2, 0) is 11.3 Å². The molecule has 1 aromatic rings. The first-order valence-electron chi connectivity index (χ1n) is 8.21. The number of aliphatic hydroxyl groups excluding tert-OH is 1. The van der Waals surface area contributed by atoms with Gasteiger partial charge in [-0.05, 0) is 57.9 Å². The van der Waals surface area contributed by atoms with Gasteiger partial charge in [-0.3, -0.25) is 9.69 Å². The third kappa shape index (κ3) is 4.75. The predicted molar refractivity (Wildman–Crippen MR) is 88.4 cm³/mol. The number of amides is 1. The molecule has 1 heterocycles. The Bertz CT molecular complexity index is 542. The van der Waals surface area contributed by atoms with Crippen molar-refractivity contribution in [3.8, 4) is 0 Å². The number of hydrogen-bond acceptors (Lipinski definition) is 3. The summed E-state index contributed by atoms with van der Waals surface area (Å²) < 4.78 is 13.4. The summed E-state index contributed by atoms with van der Waals surface area (Å²) in [5.74, 6) is -0.272. The molecule has 23 heavy (non-hydrogen) atoms. The lowest BCUT2D eigenvalue weighted by molar-refractivity contribution is -0.138. The van der Waals surface area contributed by atoms with E-state index < -0.39 is 0 Å². The molecule has 1 saturated heterocycles. The Hall–Kier alpha value is -1.46. The standard InChI is InChI=1S/C18H27FN2O2/c1-18(2,3)21(11-14-6-4-7-15(19)10-14)17(23)12-20-9-5-8-16(20)13-22/h4,6-7,10,16,22H,5,8-9,11-13H2,1-3H3. The van der Waals surface area contributed by atoms with E-state index in [1.807, 2.05) is 31.7 Å². The Morgan fingerprint density at radius 3 is 2.78 bits per heavy atom. The first kappa shape index (κ1) is 17.9. The van der Waals surface area contributed by atoms with Crippen LogP contribution in [0.15, 0.2) is 24.3 Å². The van der Waals surface area contributed by atoms with Crippen molar-refractivity contribution in [3.05, 3.63) is 35.6 Å². The molecule has 2 rings (SSSR count). The van der Waals surface area contributed by atoms with Crippen molar-refractivity contribution in [2.45, 2.75) is 51.7 Å². The maximum Gasteiger partial charge on any atom is 0.237 e. The largest absolute Gasteiger partial charge is 0.395 e. The number of rotatable bonds is 5. The summed E-state index contributed by atoms with van der Waals surface area (Å²) in [5, 5.41) is 9.41. The van der Waals surface area contributed by atoms with Crippen molar-refractivity contribution in [3.63, 3.8) is 0 Å². The van der Waals surface area contributed by atoms with Gasteiger partial charge in [0.05, 0.1) is 13.2 Å². The Balaban J connectivity index is 2.10. The highest BCUT2D eigenvalue weighted by Gasteiger charge is 2.31. The van der Waals surface area contributed by atoms with Crippen molar-refractivity contribution >= 4 is 5.91 Å². The number of carbonyl (C=O) groups is 1. The fraction of sp³-hybridized carbons (Fsp3) is 0.611. The van der Waals surface area contributed by atoms with Gasteiger partial charge in [0.2, 0.25) is 5.91 Å². The summed E-state index contributed by atoms with van der Waals surface area (Å²) in [4.78, 5) is 16.6. The van der Waals surface area contributed by atoms with Crippen molar-refractivity contribution in [2.24, 2.45) is 0 Å². The lowest BCUT2D eigenvalue weighted by atomic mass is 10.0. The summed E-state index contributed by atoms with van der Waals surface area (Å²) in [6.45, 7) is 7.57. The topological polar surface area (TPSA) is 43.8 Å². The molecule has 128 valence electrons. The van der Waals surface area contributed by atoms with Crippen LogP contribution < -0.4 is 0 Å². The highest BCUT2D eigenvalue weighted by Crippen LogP contribution is 2.21. The van der Waals surface area contributed by atoms with E-state index in [1.54, 1.807) is 11.0 Å². The monoisotopic (exact) mass is 322 g/mol. The molecule has 0 aromatic heterocycles. The maximum atomic E-state index is 13.4. The molecule has 1 atom stereocenters. The first-order valence-corrected chi connectivity index (χ1v) is 8.21. The van der Waals surface area contributed by atoms with Gasteiger partial charge in [-0.15, -0.1) is 0 Å². The maximum absolute atomic E-state index is 13.4. The third-order valence-electron chi connectivity index (χ3n) is 4.39. The number of aliphatic hydroxyl groups is 1. The number of nitrogens with zero attached hydrogens (tertiary/aromatic N) is 2. The summed E-state index contributed by atoms with van der Waals surface area (Å²) in [7, 11) is 0. The summed E-state index contributed by atoms with van der Waals surface area (Å²) in [6.07, 6.45) is 1.95. The van der Waals surface area contributed by atoms with E-state index in [0.29, 0.717) is 13.1 Å². The van der Waals surface area contributed by atoms with E-state index in [-0.39, 0.29) is 29.9 Å². The van der Waals surface area contributed by atoms with Crippen LogP contribution in [-0.4, -0.2) is 52.1 Å². The average molecular weight is 322 g/mol. The molecular weight excluding hydrogens is 295 g/mol. The van der Waals surface area contributed by atoms with Gasteiger partial charge in [0, 0.05) is 18.1 Å². The molecule has 1 unspecified atom stereocenters. The van der Waals surface area contributed by atoms with Crippen LogP contribution in [0.4, 0.5) is 4.39 Å². The number of hydrogen-bond donors (Lipinski definition) is 1. The van der Waals surface area contributed by atoms with Crippen LogP contribution in [0.3, 0.4) is 0 Å². The Kier molecular flexibility index (Phi) is 5.76. The quantitative estimate of drug-likeness (QED) is 0.905. The van der Waals surface area contributed by atoms with Gasteiger partial charge in [-0.2, -0.15) is 0 Å². The normalized spacial score (nSPS) is 19.1. The van der Waals surface area contributed by atoms with Crippen molar-refractivity contribution in [1.82, 2.24) is 9.80 Å². The van der Waals surface area contributed by atoms with Gasteiger partial charge >= 0.3 is 0 Å². The van der Waals surface area contributed by atoms with Crippen LogP contribution in [0.1, 0.15) is 39.2 Å². The molecule has 1 N–H and O–H groups in total. The molecule has 0 saturated carbocycles. The minimum Gasteiger partial charge on any atom is -0.395 e. The lowest BCUT2D eigenvalue weighted by Crippen LogP contribution is -2.50. The molecule has 1 amide bonds. The second-order valence-corrected chi connectivity index (χ2v) is 7.23. The summed E-state index contributed by atoms with van der Waals surface area (Å²) in [5.41, 5.74) is 0.436. The first-order chi connectivity index (χ1) is 10.8. The second-order valence-electron chi connectivity index (χ2n) is 7.23. The molecule has 1 fully saturated rings. The van der Waals surface area contributed by atoms with Crippen molar-refractivity contribution in [1.29, 1.82) is 0 Å². The van der Waals surface area contributed by atoms with Gasteiger partial charge < -0.3 is 10.0 Å². The van der Waals surface area contributed by atoms with Gasteiger partial charge in [-0.25, -0.2) is 4.39 Å². The SMILES string of the molecule is CC(C)(C)N(Cc1cccc(F)c1)C(=O)CN1CCCC1CO. The summed E-state index contributed by atoms with van der Waals surface area (Å²) >= 11 is 0. The van der Waals surface area contributed by atoms with Crippen LogP contribution in [0.5, 0.6) is 0 Å². The van der Waals surface area contributed by atoms with E-state index >= 15 is 0 Å². The zero-order valence-electron chi connectivity index (χ0n) is 14.3. The van der Waals surface area contributed by atoms with Crippen LogP contribution >= 0.6 is 0 Å². The summed E-state index contributed by atoms with van der Waals surface area (Å²) in [6, 6.07) is 6.45. The molecule has 0 aliphatic carbocycles.